The Hall–Kier alpha value is -3.27. The first kappa shape index (κ1) is 15.6. The summed E-state index contributed by atoms with van der Waals surface area (Å²) < 4.78 is 5.69. The van der Waals surface area contributed by atoms with E-state index in [2.05, 4.69) is 0 Å². The number of carboxylic acid groups (broad SMARTS) is 1. The molecule has 0 saturated heterocycles. The SMILES string of the molecule is Nc1ccc(-c2ccc(OCc3ccccc3)c(C(=O)O)c2)cc1. The third-order valence-corrected chi connectivity index (χ3v) is 3.69. The molecule has 4 nitrogen and oxygen atoms in total. The zero-order chi connectivity index (χ0) is 16.9. The molecule has 4 heteroatoms. The van der Waals surface area contributed by atoms with Crippen LogP contribution in [0.3, 0.4) is 0 Å². The highest BCUT2D eigenvalue weighted by Gasteiger charge is 2.13. The normalized spacial score (nSPS) is 10.3. The van der Waals surface area contributed by atoms with E-state index in [9.17, 15) is 9.90 Å². The van der Waals surface area contributed by atoms with Gasteiger partial charge in [-0.1, -0.05) is 48.5 Å². The number of nitrogens with two attached hydrogens (primary N) is 1. The Morgan fingerprint density at radius 1 is 0.917 bits per heavy atom. The van der Waals surface area contributed by atoms with Gasteiger partial charge < -0.3 is 15.6 Å². The Kier molecular flexibility index (Phi) is 4.47. The molecule has 0 saturated carbocycles. The van der Waals surface area contributed by atoms with Gasteiger partial charge in [-0.3, -0.25) is 0 Å². The highest BCUT2D eigenvalue weighted by molar-refractivity contribution is 5.92. The molecule has 120 valence electrons. The van der Waals surface area contributed by atoms with Crippen molar-refractivity contribution in [3.8, 4) is 16.9 Å². The van der Waals surface area contributed by atoms with Crippen LogP contribution in [0.15, 0.2) is 72.8 Å². The summed E-state index contributed by atoms with van der Waals surface area (Å²) in [6.07, 6.45) is 0. The summed E-state index contributed by atoms with van der Waals surface area (Å²) >= 11 is 0. The number of carbonyl (C=O) groups is 1. The van der Waals surface area contributed by atoms with Crippen molar-refractivity contribution < 1.29 is 14.6 Å². The van der Waals surface area contributed by atoms with Gasteiger partial charge in [-0.05, 0) is 41.0 Å². The first-order valence-electron chi connectivity index (χ1n) is 7.53. The Bertz CT molecular complexity index is 843. The summed E-state index contributed by atoms with van der Waals surface area (Å²) in [5.74, 6) is -0.666. The van der Waals surface area contributed by atoms with Crippen LogP contribution in [0.25, 0.3) is 11.1 Å². The standard InChI is InChI=1S/C20H17NO3/c21-17-9-6-15(7-10-17)16-8-11-19(18(12-16)20(22)23)24-13-14-4-2-1-3-5-14/h1-12H,13,21H2,(H,22,23). The average molecular weight is 319 g/mol. The fraction of sp³-hybridized carbons (Fsp3) is 0.0500. The first-order chi connectivity index (χ1) is 11.6. The Morgan fingerprint density at radius 3 is 2.25 bits per heavy atom. The second-order valence-corrected chi connectivity index (χ2v) is 5.41. The third kappa shape index (κ3) is 3.55. The zero-order valence-corrected chi connectivity index (χ0v) is 13.0. The van der Waals surface area contributed by atoms with E-state index in [1.807, 2.05) is 48.5 Å². The van der Waals surface area contributed by atoms with Gasteiger partial charge in [0.15, 0.2) is 0 Å². The molecule has 0 aliphatic heterocycles. The summed E-state index contributed by atoms with van der Waals surface area (Å²) in [6, 6.07) is 22.1. The quantitative estimate of drug-likeness (QED) is 0.691. The fourth-order valence-corrected chi connectivity index (χ4v) is 2.41. The fourth-order valence-electron chi connectivity index (χ4n) is 2.41. The van der Waals surface area contributed by atoms with Crippen molar-refractivity contribution in [3.63, 3.8) is 0 Å². The molecule has 0 radical (unpaired) electrons. The lowest BCUT2D eigenvalue weighted by atomic mass is 10.0. The van der Waals surface area contributed by atoms with Gasteiger partial charge in [0.2, 0.25) is 0 Å². The van der Waals surface area contributed by atoms with Gasteiger partial charge in [0.05, 0.1) is 0 Å². The van der Waals surface area contributed by atoms with Crippen LogP contribution in [-0.2, 0) is 6.61 Å². The van der Waals surface area contributed by atoms with Gasteiger partial charge in [-0.25, -0.2) is 4.79 Å². The van der Waals surface area contributed by atoms with E-state index in [0.29, 0.717) is 18.0 Å². The summed E-state index contributed by atoms with van der Waals surface area (Å²) in [6.45, 7) is 0.322. The van der Waals surface area contributed by atoms with Crippen molar-refractivity contribution in [2.24, 2.45) is 0 Å². The van der Waals surface area contributed by atoms with Gasteiger partial charge >= 0.3 is 5.97 Å². The van der Waals surface area contributed by atoms with Crippen LogP contribution in [-0.4, -0.2) is 11.1 Å². The Balaban J connectivity index is 1.87. The molecule has 0 atom stereocenters. The molecule has 0 aliphatic carbocycles. The maximum Gasteiger partial charge on any atom is 0.339 e. The number of hydrogen-bond acceptors (Lipinski definition) is 3. The van der Waals surface area contributed by atoms with Crippen LogP contribution in [0.1, 0.15) is 15.9 Å². The van der Waals surface area contributed by atoms with Gasteiger partial charge in [0.25, 0.3) is 0 Å². The van der Waals surface area contributed by atoms with E-state index in [-0.39, 0.29) is 5.56 Å². The second kappa shape index (κ2) is 6.87. The van der Waals surface area contributed by atoms with Crippen LogP contribution in [0.2, 0.25) is 0 Å². The van der Waals surface area contributed by atoms with Crippen LogP contribution in [0.5, 0.6) is 5.75 Å². The second-order valence-electron chi connectivity index (χ2n) is 5.41. The van der Waals surface area contributed by atoms with Crippen molar-refractivity contribution >= 4 is 11.7 Å². The van der Waals surface area contributed by atoms with E-state index in [1.165, 1.54) is 0 Å². The lowest BCUT2D eigenvalue weighted by Gasteiger charge is -2.11. The molecule has 0 unspecified atom stereocenters. The maximum absolute atomic E-state index is 11.6. The molecule has 0 bridgehead atoms. The molecule has 3 aromatic carbocycles. The lowest BCUT2D eigenvalue weighted by Crippen LogP contribution is -2.03. The number of benzene rings is 3. The van der Waals surface area contributed by atoms with Crippen LogP contribution < -0.4 is 10.5 Å². The van der Waals surface area contributed by atoms with Crippen LogP contribution in [0.4, 0.5) is 5.69 Å². The van der Waals surface area contributed by atoms with E-state index in [4.69, 9.17) is 10.5 Å². The highest BCUT2D eigenvalue weighted by atomic mass is 16.5. The smallest absolute Gasteiger partial charge is 0.339 e. The number of aromatic carboxylic acids is 1. The topological polar surface area (TPSA) is 72.5 Å². The molecular weight excluding hydrogens is 302 g/mol. The molecule has 0 aliphatic rings. The molecule has 3 rings (SSSR count). The van der Waals surface area contributed by atoms with E-state index in [1.54, 1.807) is 24.3 Å². The molecule has 24 heavy (non-hydrogen) atoms. The molecular formula is C20H17NO3. The largest absolute Gasteiger partial charge is 0.488 e. The summed E-state index contributed by atoms with van der Waals surface area (Å²) in [5.41, 5.74) is 9.19. The minimum Gasteiger partial charge on any atom is -0.488 e. The summed E-state index contributed by atoms with van der Waals surface area (Å²) in [4.78, 5) is 11.6. The van der Waals surface area contributed by atoms with Gasteiger partial charge in [0, 0.05) is 5.69 Å². The Morgan fingerprint density at radius 2 is 1.58 bits per heavy atom. The molecule has 0 aromatic heterocycles. The van der Waals surface area contributed by atoms with Crippen LogP contribution in [0, 0.1) is 0 Å². The predicted molar refractivity (Wildman–Crippen MR) is 94.0 cm³/mol. The van der Waals surface area contributed by atoms with Gasteiger partial charge in [-0.15, -0.1) is 0 Å². The highest BCUT2D eigenvalue weighted by Crippen LogP contribution is 2.28. The third-order valence-electron chi connectivity index (χ3n) is 3.69. The zero-order valence-electron chi connectivity index (χ0n) is 13.0. The molecule has 0 amide bonds. The minimum atomic E-state index is -1.02. The molecule has 3 aromatic rings. The molecule has 0 spiro atoms. The summed E-state index contributed by atoms with van der Waals surface area (Å²) in [5, 5.41) is 9.48. The number of carboxylic acids is 1. The van der Waals surface area contributed by atoms with Gasteiger partial charge in [0.1, 0.15) is 17.9 Å². The number of hydrogen-bond donors (Lipinski definition) is 2. The van der Waals surface area contributed by atoms with Crippen molar-refractivity contribution in [2.45, 2.75) is 6.61 Å². The molecule has 0 heterocycles. The minimum absolute atomic E-state index is 0.139. The van der Waals surface area contributed by atoms with E-state index < -0.39 is 5.97 Å². The molecule has 0 fully saturated rings. The molecule has 3 N–H and O–H groups in total. The van der Waals surface area contributed by atoms with Crippen molar-refractivity contribution in [3.05, 3.63) is 83.9 Å². The van der Waals surface area contributed by atoms with Crippen molar-refractivity contribution in [1.29, 1.82) is 0 Å². The number of nitrogen functional groups attached to an aromatic ring is 1. The number of rotatable bonds is 5. The average Bonchev–Trinajstić information content (AvgIpc) is 2.61. The predicted octanol–water partition coefficient (Wildman–Crippen LogP) is 4.21. The van der Waals surface area contributed by atoms with E-state index >= 15 is 0 Å². The van der Waals surface area contributed by atoms with Crippen LogP contribution >= 0.6 is 0 Å². The lowest BCUT2D eigenvalue weighted by molar-refractivity contribution is 0.0692. The maximum atomic E-state index is 11.6. The van der Waals surface area contributed by atoms with Crippen molar-refractivity contribution in [1.82, 2.24) is 0 Å². The number of ether oxygens (including phenoxy) is 1. The number of anilines is 1. The Labute approximate surface area is 140 Å². The monoisotopic (exact) mass is 319 g/mol. The first-order valence-corrected chi connectivity index (χ1v) is 7.53. The van der Waals surface area contributed by atoms with Crippen molar-refractivity contribution in [2.75, 3.05) is 5.73 Å². The van der Waals surface area contributed by atoms with E-state index in [0.717, 1.165) is 16.7 Å². The van der Waals surface area contributed by atoms with Gasteiger partial charge in [-0.2, -0.15) is 0 Å². The summed E-state index contributed by atoms with van der Waals surface area (Å²) in [7, 11) is 0.